The molecule has 0 aromatic carbocycles. The van der Waals surface area contributed by atoms with E-state index in [-0.39, 0.29) is 31.1 Å². The van der Waals surface area contributed by atoms with Crippen LogP contribution in [0.1, 0.15) is 323 Å². The van der Waals surface area contributed by atoms with Gasteiger partial charge in [0.2, 0.25) is 0 Å². The molecule has 374 valence electrons. The minimum atomic E-state index is -0.760. The Morgan fingerprint density at radius 2 is 0.524 bits per heavy atom. The van der Waals surface area contributed by atoms with E-state index in [2.05, 4.69) is 27.7 Å². The van der Waals surface area contributed by atoms with Crippen LogP contribution < -0.4 is 0 Å². The maximum absolute atomic E-state index is 12.8. The molecule has 0 unspecified atom stereocenters. The molecule has 0 N–H and O–H groups in total. The third kappa shape index (κ3) is 51.3. The second-order valence-electron chi connectivity index (χ2n) is 20.1. The van der Waals surface area contributed by atoms with Crippen LogP contribution in [0.2, 0.25) is 0 Å². The van der Waals surface area contributed by atoms with Crippen molar-refractivity contribution in [2.24, 2.45) is 5.92 Å². The Hall–Kier alpha value is -1.59. The van der Waals surface area contributed by atoms with Crippen molar-refractivity contribution in [3.05, 3.63) is 0 Å². The number of carbonyl (C=O) groups is 3. The van der Waals surface area contributed by atoms with Crippen LogP contribution in [0.4, 0.5) is 0 Å². The van der Waals surface area contributed by atoms with Gasteiger partial charge in [0.1, 0.15) is 13.2 Å². The van der Waals surface area contributed by atoms with Gasteiger partial charge in [-0.3, -0.25) is 14.4 Å². The van der Waals surface area contributed by atoms with Crippen LogP contribution in [-0.4, -0.2) is 37.2 Å². The van der Waals surface area contributed by atoms with Crippen LogP contribution in [0, 0.1) is 5.92 Å². The predicted molar refractivity (Wildman–Crippen MR) is 270 cm³/mol. The smallest absolute Gasteiger partial charge is 0.306 e. The highest BCUT2D eigenvalue weighted by molar-refractivity contribution is 5.71. The van der Waals surface area contributed by atoms with E-state index in [9.17, 15) is 14.4 Å². The van der Waals surface area contributed by atoms with Gasteiger partial charge in [-0.2, -0.15) is 0 Å². The number of unbranched alkanes of at least 4 members (excludes halogenated alkanes) is 39. The molecule has 6 nitrogen and oxygen atoms in total. The fourth-order valence-corrected chi connectivity index (χ4v) is 8.75. The molecule has 0 heterocycles. The standard InChI is InChI=1S/C57H110O6/c1-5-7-9-11-13-15-16-17-18-19-24-27-30-34-38-42-46-50-57(60)63-54(51-61-55(58)48-44-40-36-31-14-12-10-8-6-2)52-62-56(59)49-45-41-37-33-29-26-23-21-20-22-25-28-32-35-39-43-47-53(3)4/h53-54H,5-52H2,1-4H3/t54-/m0/s1. The molecular formula is C57H110O6. The van der Waals surface area contributed by atoms with Crippen LogP contribution in [0.25, 0.3) is 0 Å². The first-order valence-corrected chi connectivity index (χ1v) is 28.4. The Labute approximate surface area is 393 Å². The molecular weight excluding hydrogens is 781 g/mol. The van der Waals surface area contributed by atoms with E-state index in [1.165, 1.54) is 218 Å². The zero-order valence-corrected chi connectivity index (χ0v) is 43.0. The molecule has 0 saturated carbocycles. The second-order valence-corrected chi connectivity index (χ2v) is 20.1. The summed E-state index contributed by atoms with van der Waals surface area (Å²) < 4.78 is 16.8. The largest absolute Gasteiger partial charge is 0.462 e. The Kier molecular flexibility index (Phi) is 50.1. The summed E-state index contributed by atoms with van der Waals surface area (Å²) in [7, 11) is 0. The van der Waals surface area contributed by atoms with E-state index < -0.39 is 6.10 Å². The lowest BCUT2D eigenvalue weighted by atomic mass is 10.0. The van der Waals surface area contributed by atoms with Crippen molar-refractivity contribution < 1.29 is 28.6 Å². The maximum Gasteiger partial charge on any atom is 0.306 e. The van der Waals surface area contributed by atoms with E-state index in [4.69, 9.17) is 14.2 Å². The van der Waals surface area contributed by atoms with E-state index in [0.717, 1.165) is 63.7 Å². The Morgan fingerprint density at radius 3 is 0.778 bits per heavy atom. The fourth-order valence-electron chi connectivity index (χ4n) is 8.75. The molecule has 0 aromatic heterocycles. The Bertz CT molecular complexity index is 949. The normalized spacial score (nSPS) is 12.0. The number of hydrogen-bond donors (Lipinski definition) is 0. The molecule has 0 aromatic rings. The van der Waals surface area contributed by atoms with Gasteiger partial charge in [-0.15, -0.1) is 0 Å². The highest BCUT2D eigenvalue weighted by atomic mass is 16.6. The van der Waals surface area contributed by atoms with Crippen molar-refractivity contribution in [3.8, 4) is 0 Å². The number of esters is 3. The number of rotatable bonds is 52. The van der Waals surface area contributed by atoms with Crippen molar-refractivity contribution in [2.45, 2.75) is 329 Å². The van der Waals surface area contributed by atoms with Crippen LogP contribution in [-0.2, 0) is 28.6 Å². The minimum absolute atomic E-state index is 0.0621. The van der Waals surface area contributed by atoms with Crippen LogP contribution >= 0.6 is 0 Å². The van der Waals surface area contributed by atoms with Crippen molar-refractivity contribution in [1.82, 2.24) is 0 Å². The van der Waals surface area contributed by atoms with E-state index in [0.29, 0.717) is 19.3 Å². The topological polar surface area (TPSA) is 78.9 Å². The summed E-state index contributed by atoms with van der Waals surface area (Å²) in [5, 5.41) is 0. The van der Waals surface area contributed by atoms with Crippen molar-refractivity contribution in [1.29, 1.82) is 0 Å². The van der Waals surface area contributed by atoms with Crippen LogP contribution in [0.15, 0.2) is 0 Å². The van der Waals surface area contributed by atoms with Gasteiger partial charge in [-0.1, -0.05) is 285 Å². The molecule has 0 aliphatic carbocycles. The van der Waals surface area contributed by atoms with Crippen molar-refractivity contribution >= 4 is 17.9 Å². The minimum Gasteiger partial charge on any atom is -0.462 e. The second kappa shape index (κ2) is 51.4. The summed E-state index contributed by atoms with van der Waals surface area (Å²) in [6, 6.07) is 0. The SMILES string of the molecule is CCCCCCCCCCCCCCCCCCCC(=O)O[C@@H](COC(=O)CCCCCCCCCCC)COC(=O)CCCCCCCCCCCCCCCCCCC(C)C. The van der Waals surface area contributed by atoms with Gasteiger partial charge in [0, 0.05) is 19.3 Å². The van der Waals surface area contributed by atoms with Gasteiger partial charge in [0.15, 0.2) is 6.10 Å². The maximum atomic E-state index is 12.8. The first kappa shape index (κ1) is 61.4. The lowest BCUT2D eigenvalue weighted by Gasteiger charge is -2.18. The summed E-state index contributed by atoms with van der Waals surface area (Å²) in [6.07, 6.45) is 55.3. The summed E-state index contributed by atoms with van der Waals surface area (Å²) in [5.41, 5.74) is 0. The number of carbonyl (C=O) groups excluding carboxylic acids is 3. The molecule has 0 fully saturated rings. The third-order valence-electron chi connectivity index (χ3n) is 13.0. The first-order valence-electron chi connectivity index (χ1n) is 28.4. The molecule has 0 bridgehead atoms. The fraction of sp³-hybridized carbons (Fsp3) is 0.947. The molecule has 63 heavy (non-hydrogen) atoms. The van der Waals surface area contributed by atoms with E-state index in [1.54, 1.807) is 0 Å². The quantitative estimate of drug-likeness (QED) is 0.0344. The monoisotopic (exact) mass is 891 g/mol. The Balaban J connectivity index is 4.21. The average molecular weight is 892 g/mol. The molecule has 0 saturated heterocycles. The summed E-state index contributed by atoms with van der Waals surface area (Å²) in [5.74, 6) is 0.0130. The molecule has 0 amide bonds. The van der Waals surface area contributed by atoms with Gasteiger partial charge < -0.3 is 14.2 Å². The van der Waals surface area contributed by atoms with Crippen molar-refractivity contribution in [2.75, 3.05) is 13.2 Å². The molecule has 0 aliphatic rings. The molecule has 0 aliphatic heterocycles. The van der Waals surface area contributed by atoms with Crippen LogP contribution in [0.5, 0.6) is 0 Å². The summed E-state index contributed by atoms with van der Waals surface area (Å²) >= 11 is 0. The lowest BCUT2D eigenvalue weighted by Crippen LogP contribution is -2.30. The van der Waals surface area contributed by atoms with Crippen LogP contribution in [0.3, 0.4) is 0 Å². The predicted octanol–water partition coefficient (Wildman–Crippen LogP) is 18.6. The average Bonchev–Trinajstić information content (AvgIpc) is 3.27. The number of ether oxygens (including phenoxy) is 3. The number of hydrogen-bond acceptors (Lipinski definition) is 6. The van der Waals surface area contributed by atoms with E-state index >= 15 is 0 Å². The van der Waals surface area contributed by atoms with Gasteiger partial charge in [-0.25, -0.2) is 0 Å². The molecule has 6 heteroatoms. The third-order valence-corrected chi connectivity index (χ3v) is 13.0. The summed E-state index contributed by atoms with van der Waals surface area (Å²) in [6.45, 7) is 9.05. The highest BCUT2D eigenvalue weighted by Gasteiger charge is 2.19. The van der Waals surface area contributed by atoms with Gasteiger partial charge in [0.05, 0.1) is 0 Å². The summed E-state index contributed by atoms with van der Waals surface area (Å²) in [4.78, 5) is 38.0. The molecule has 0 rings (SSSR count). The highest BCUT2D eigenvalue weighted by Crippen LogP contribution is 2.18. The molecule has 0 spiro atoms. The van der Waals surface area contributed by atoms with Crippen molar-refractivity contribution in [3.63, 3.8) is 0 Å². The molecule has 1 atom stereocenters. The first-order chi connectivity index (χ1) is 30.9. The van der Waals surface area contributed by atoms with Gasteiger partial charge in [-0.05, 0) is 25.2 Å². The van der Waals surface area contributed by atoms with Gasteiger partial charge in [0.25, 0.3) is 0 Å². The Morgan fingerprint density at radius 1 is 0.302 bits per heavy atom. The lowest BCUT2D eigenvalue weighted by molar-refractivity contribution is -0.167. The molecule has 0 radical (unpaired) electrons. The zero-order valence-electron chi connectivity index (χ0n) is 43.0. The van der Waals surface area contributed by atoms with Gasteiger partial charge >= 0.3 is 17.9 Å². The van der Waals surface area contributed by atoms with E-state index in [1.807, 2.05) is 0 Å². The zero-order chi connectivity index (χ0) is 45.9.